The van der Waals surface area contributed by atoms with Crippen molar-refractivity contribution in [3.63, 3.8) is 0 Å². The fourth-order valence-corrected chi connectivity index (χ4v) is 2.43. The van der Waals surface area contributed by atoms with Crippen molar-refractivity contribution >= 4 is 18.1 Å². The van der Waals surface area contributed by atoms with Crippen LogP contribution in [0.15, 0.2) is 60.7 Å². The summed E-state index contributed by atoms with van der Waals surface area (Å²) in [7, 11) is 0. The van der Waals surface area contributed by atoms with E-state index in [0.717, 1.165) is 6.07 Å². The lowest BCUT2D eigenvalue weighted by molar-refractivity contribution is 0.297. The van der Waals surface area contributed by atoms with E-state index in [1.807, 2.05) is 6.92 Å². The second-order valence-corrected chi connectivity index (χ2v) is 5.71. The van der Waals surface area contributed by atoms with E-state index < -0.39 is 11.6 Å². The minimum atomic E-state index is -0.900. The molecule has 0 atom stereocenters. The van der Waals surface area contributed by atoms with E-state index in [2.05, 4.69) is 0 Å². The highest BCUT2D eigenvalue weighted by Crippen LogP contribution is 2.31. The van der Waals surface area contributed by atoms with Gasteiger partial charge < -0.3 is 19.9 Å². The molecule has 2 N–H and O–H groups in total. The smallest absolute Gasteiger partial charge is 0.165 e. The Morgan fingerprint density at radius 1 is 0.857 bits per heavy atom. The molecule has 0 heterocycles. The average molecular weight is 408 g/mol. The second-order valence-electron chi connectivity index (χ2n) is 5.71. The molecule has 0 aromatic heterocycles. The van der Waals surface area contributed by atoms with Gasteiger partial charge in [-0.1, -0.05) is 12.1 Å². The Labute approximate surface area is 168 Å². The number of anilines is 1. The normalized spacial score (nSPS) is 10.1. The topological polar surface area (TPSA) is 53.7 Å². The molecule has 0 bridgehead atoms. The maximum atomic E-state index is 13.6. The van der Waals surface area contributed by atoms with Gasteiger partial charge in [-0.05, 0) is 49.4 Å². The van der Waals surface area contributed by atoms with Crippen LogP contribution in [0.1, 0.15) is 12.5 Å². The molecule has 3 aromatic rings. The Kier molecular flexibility index (Phi) is 7.46. The molecule has 28 heavy (non-hydrogen) atoms. The predicted molar refractivity (Wildman–Crippen MR) is 106 cm³/mol. The number of nitrogen functional groups attached to an aromatic ring is 1. The molecule has 3 aromatic carbocycles. The van der Waals surface area contributed by atoms with E-state index >= 15 is 0 Å². The Bertz CT molecular complexity index is 920. The van der Waals surface area contributed by atoms with Gasteiger partial charge in [0.05, 0.1) is 12.3 Å². The number of rotatable bonds is 7. The second kappa shape index (κ2) is 9.80. The number of hydrogen-bond donors (Lipinski definition) is 1. The lowest BCUT2D eigenvalue weighted by Crippen LogP contribution is -2.00. The molecule has 0 spiro atoms. The highest BCUT2D eigenvalue weighted by atomic mass is 35.5. The van der Waals surface area contributed by atoms with Gasteiger partial charge in [-0.3, -0.25) is 0 Å². The average Bonchev–Trinajstić information content (AvgIpc) is 2.66. The molecule has 148 valence electrons. The lowest BCUT2D eigenvalue weighted by atomic mass is 10.2. The van der Waals surface area contributed by atoms with Crippen LogP contribution in [0, 0.1) is 11.6 Å². The van der Waals surface area contributed by atoms with Gasteiger partial charge in [-0.25, -0.2) is 8.78 Å². The third kappa shape index (κ3) is 5.27. The molecule has 7 heteroatoms. The van der Waals surface area contributed by atoms with Gasteiger partial charge in [-0.15, -0.1) is 12.4 Å². The van der Waals surface area contributed by atoms with Crippen molar-refractivity contribution in [1.82, 2.24) is 0 Å². The summed E-state index contributed by atoms with van der Waals surface area (Å²) in [5.41, 5.74) is 6.58. The van der Waals surface area contributed by atoms with Crippen molar-refractivity contribution in [2.75, 3.05) is 12.3 Å². The van der Waals surface area contributed by atoms with Crippen LogP contribution >= 0.6 is 12.4 Å². The van der Waals surface area contributed by atoms with Crippen molar-refractivity contribution < 1.29 is 23.0 Å². The number of halogens is 3. The number of benzene rings is 3. The molecule has 3 rings (SSSR count). The van der Waals surface area contributed by atoms with Crippen molar-refractivity contribution in [3.8, 4) is 23.0 Å². The van der Waals surface area contributed by atoms with Crippen LogP contribution in [-0.4, -0.2) is 6.61 Å². The molecule has 0 amide bonds. The van der Waals surface area contributed by atoms with Crippen molar-refractivity contribution in [3.05, 3.63) is 77.9 Å². The summed E-state index contributed by atoms with van der Waals surface area (Å²) in [5, 5.41) is 0. The molecule has 0 saturated heterocycles. The van der Waals surface area contributed by atoms with Crippen LogP contribution in [0.2, 0.25) is 0 Å². The van der Waals surface area contributed by atoms with Gasteiger partial charge in [0.1, 0.15) is 23.9 Å². The van der Waals surface area contributed by atoms with Gasteiger partial charge in [0.2, 0.25) is 0 Å². The zero-order valence-corrected chi connectivity index (χ0v) is 16.0. The predicted octanol–water partition coefficient (Wildman–Crippen LogP) is 5.74. The molecule has 0 aliphatic carbocycles. The summed E-state index contributed by atoms with van der Waals surface area (Å²) in [4.78, 5) is 0. The molecule has 0 fully saturated rings. The van der Waals surface area contributed by atoms with Gasteiger partial charge >= 0.3 is 0 Å². The molecular formula is C21H20ClF2NO3. The van der Waals surface area contributed by atoms with Crippen LogP contribution < -0.4 is 19.9 Å². The molecule has 0 aliphatic rings. The number of ether oxygens (including phenoxy) is 3. The largest absolute Gasteiger partial charge is 0.494 e. The van der Waals surface area contributed by atoms with Crippen LogP contribution in [-0.2, 0) is 6.61 Å². The molecule has 0 unspecified atom stereocenters. The maximum absolute atomic E-state index is 13.6. The Balaban J connectivity index is 0.00000280. The first-order valence-electron chi connectivity index (χ1n) is 8.42. The van der Waals surface area contributed by atoms with Crippen LogP contribution in [0.4, 0.5) is 14.5 Å². The van der Waals surface area contributed by atoms with Gasteiger partial charge in [0.25, 0.3) is 0 Å². The zero-order valence-electron chi connectivity index (χ0n) is 15.2. The van der Waals surface area contributed by atoms with Crippen molar-refractivity contribution in [1.29, 1.82) is 0 Å². The molecule has 4 nitrogen and oxygen atoms in total. The van der Waals surface area contributed by atoms with Gasteiger partial charge in [0.15, 0.2) is 17.4 Å². The van der Waals surface area contributed by atoms with Gasteiger partial charge in [-0.2, -0.15) is 0 Å². The Morgan fingerprint density at radius 3 is 2.21 bits per heavy atom. The fraction of sp³-hybridized carbons (Fsp3) is 0.143. The third-order valence-electron chi connectivity index (χ3n) is 3.77. The monoisotopic (exact) mass is 407 g/mol. The van der Waals surface area contributed by atoms with Crippen LogP contribution in [0.25, 0.3) is 0 Å². The minimum Gasteiger partial charge on any atom is -0.494 e. The molecule has 0 aliphatic heterocycles. The first-order chi connectivity index (χ1) is 13.1. The van der Waals surface area contributed by atoms with E-state index in [4.69, 9.17) is 19.9 Å². The van der Waals surface area contributed by atoms with E-state index in [1.54, 1.807) is 42.5 Å². The third-order valence-corrected chi connectivity index (χ3v) is 3.77. The quantitative estimate of drug-likeness (QED) is 0.507. The first kappa shape index (κ1) is 21.3. The highest BCUT2D eigenvalue weighted by molar-refractivity contribution is 5.85. The summed E-state index contributed by atoms with van der Waals surface area (Å²) in [6.07, 6.45) is 0. The number of hydrogen-bond acceptors (Lipinski definition) is 4. The minimum absolute atomic E-state index is 0. The van der Waals surface area contributed by atoms with Crippen LogP contribution in [0.3, 0.4) is 0 Å². The summed E-state index contributed by atoms with van der Waals surface area (Å²) >= 11 is 0. The number of nitrogens with two attached hydrogens (primary N) is 1. The van der Waals surface area contributed by atoms with E-state index in [9.17, 15) is 8.78 Å². The summed E-state index contributed by atoms with van der Waals surface area (Å²) in [6.45, 7) is 2.38. The summed E-state index contributed by atoms with van der Waals surface area (Å²) in [6, 6.07) is 16.0. The summed E-state index contributed by atoms with van der Waals surface area (Å²) in [5.74, 6) is 0.460. The fourth-order valence-electron chi connectivity index (χ4n) is 2.43. The SMILES string of the molecule is CCOc1ccc(Oc2ccc(OCc3cccc(F)c3F)cc2)c(N)c1.Cl. The van der Waals surface area contributed by atoms with Crippen LogP contribution in [0.5, 0.6) is 23.0 Å². The van der Waals surface area contributed by atoms with Gasteiger partial charge in [0, 0.05) is 11.6 Å². The molecule has 0 saturated carbocycles. The first-order valence-corrected chi connectivity index (χ1v) is 8.42. The lowest BCUT2D eigenvalue weighted by Gasteiger charge is -2.11. The van der Waals surface area contributed by atoms with Crippen molar-refractivity contribution in [2.45, 2.75) is 13.5 Å². The molecule has 0 radical (unpaired) electrons. The van der Waals surface area contributed by atoms with E-state index in [-0.39, 0.29) is 24.6 Å². The van der Waals surface area contributed by atoms with E-state index in [0.29, 0.717) is 35.3 Å². The van der Waals surface area contributed by atoms with E-state index in [1.165, 1.54) is 12.1 Å². The summed E-state index contributed by atoms with van der Waals surface area (Å²) < 4.78 is 43.5. The van der Waals surface area contributed by atoms with Crippen molar-refractivity contribution in [2.24, 2.45) is 0 Å². The zero-order chi connectivity index (χ0) is 19.2. The standard InChI is InChI=1S/C21H19F2NO3.ClH/c1-2-25-17-10-11-20(19(24)12-17)27-16-8-6-15(7-9-16)26-13-14-4-3-5-18(22)21(14)23;/h3-12H,2,13,24H2,1H3;1H. The molecular weight excluding hydrogens is 388 g/mol. The Morgan fingerprint density at radius 2 is 1.54 bits per heavy atom. The Hall–Kier alpha value is -2.99. The highest BCUT2D eigenvalue weighted by Gasteiger charge is 2.09. The maximum Gasteiger partial charge on any atom is 0.165 e.